The van der Waals surface area contributed by atoms with Crippen molar-refractivity contribution in [2.75, 3.05) is 0 Å². The van der Waals surface area contributed by atoms with Gasteiger partial charge in [-0.2, -0.15) is 0 Å². The maximum Gasteiger partial charge on any atom is 0.332 e. The smallest absolute Gasteiger partial charge is 0.332 e. The molecule has 2 aliphatic carbocycles. The second kappa shape index (κ2) is 15.9. The Balaban J connectivity index is 1.59. The van der Waals surface area contributed by atoms with Gasteiger partial charge >= 0.3 is 7.48 Å². The number of unbranched alkanes of at least 4 members (excludes halogenated alkanes) is 10. The molecule has 2 aromatic rings. The third kappa shape index (κ3) is 8.35. The van der Waals surface area contributed by atoms with Gasteiger partial charge in [-0.1, -0.05) is 133 Å². The van der Waals surface area contributed by atoms with Crippen molar-refractivity contribution >= 4 is 12.9 Å². The van der Waals surface area contributed by atoms with Gasteiger partial charge in [0.1, 0.15) is 0 Å². The van der Waals surface area contributed by atoms with E-state index in [2.05, 4.69) is 68.5 Å². The normalized spacial score (nSPS) is 18.8. The van der Waals surface area contributed by atoms with Crippen LogP contribution in [0.15, 0.2) is 60.8 Å². The second-order valence-corrected chi connectivity index (χ2v) is 14.6. The van der Waals surface area contributed by atoms with E-state index < -0.39 is 11.2 Å². The lowest BCUT2D eigenvalue weighted by Gasteiger charge is -2.38. The Morgan fingerprint density at radius 1 is 0.795 bits per heavy atom. The summed E-state index contributed by atoms with van der Waals surface area (Å²) in [6.07, 6.45) is 30.1. The van der Waals surface area contributed by atoms with Gasteiger partial charge in [0.2, 0.25) is 0 Å². The van der Waals surface area contributed by atoms with E-state index in [1.54, 1.807) is 26.9 Å². The van der Waals surface area contributed by atoms with E-state index in [1.807, 2.05) is 20.0 Å². The molecule has 2 aliphatic rings. The zero-order valence-corrected chi connectivity index (χ0v) is 28.7. The Morgan fingerprint density at radius 2 is 1.41 bits per heavy atom. The standard InChI is InChI=1S/C40H59BNO2/c1-7-9-11-13-15-19-27-40(28-20-16-14-12-10-8-2)35-22-18-17-21-33(35)34-25-23-31(29-36(34)40)37-26-24-32(30-42-37)41-44-39(5,6)38(3,4)43/h17-18,21-26,29-30,33,35,43H,7-16,19-20,27-28H2,1-6H3. The van der Waals surface area contributed by atoms with E-state index in [9.17, 15) is 5.11 Å². The summed E-state index contributed by atoms with van der Waals surface area (Å²) in [7, 11) is 1.72. The molecule has 4 rings (SSSR count). The number of hydrogen-bond donors (Lipinski definition) is 1. The fourth-order valence-corrected chi connectivity index (χ4v) is 7.22. The Labute approximate surface area is 270 Å². The minimum Gasteiger partial charge on any atom is -0.427 e. The summed E-state index contributed by atoms with van der Waals surface area (Å²) in [5.41, 5.74) is 4.74. The minimum atomic E-state index is -0.958. The Kier molecular flexibility index (Phi) is 12.5. The van der Waals surface area contributed by atoms with E-state index >= 15 is 0 Å². The first-order valence-electron chi connectivity index (χ1n) is 17.8. The van der Waals surface area contributed by atoms with Gasteiger partial charge in [0.15, 0.2) is 0 Å². The first kappa shape index (κ1) is 34.7. The lowest BCUT2D eigenvalue weighted by molar-refractivity contribution is -0.0893. The highest BCUT2D eigenvalue weighted by molar-refractivity contribution is 6.46. The lowest BCUT2D eigenvalue weighted by Crippen LogP contribution is -2.49. The van der Waals surface area contributed by atoms with E-state index in [0.29, 0.717) is 11.8 Å². The minimum absolute atomic E-state index is 0.191. The third-order valence-corrected chi connectivity index (χ3v) is 10.7. The molecule has 0 bridgehead atoms. The second-order valence-electron chi connectivity index (χ2n) is 14.6. The fraction of sp³-hybridized carbons (Fsp3) is 0.625. The molecule has 1 N–H and O–H groups in total. The van der Waals surface area contributed by atoms with Crippen LogP contribution in [0.2, 0.25) is 0 Å². The molecule has 1 aromatic carbocycles. The van der Waals surface area contributed by atoms with E-state index in [4.69, 9.17) is 9.64 Å². The molecular formula is C40H59BNO2. The SMILES string of the molecule is CCCCCCCCC1(CCCCCCCC)c2cc(-c3ccc([B]OC(C)(C)C(C)(C)O)cn3)ccc2C2C=CC=CC21. The largest absolute Gasteiger partial charge is 0.427 e. The van der Waals surface area contributed by atoms with E-state index in [1.165, 1.54) is 101 Å². The highest BCUT2D eigenvalue weighted by atomic mass is 16.5. The van der Waals surface area contributed by atoms with Gasteiger partial charge in [-0.05, 0) is 75.2 Å². The molecule has 44 heavy (non-hydrogen) atoms. The highest BCUT2D eigenvalue weighted by Gasteiger charge is 2.49. The van der Waals surface area contributed by atoms with Crippen LogP contribution in [0.25, 0.3) is 11.3 Å². The molecule has 1 aromatic heterocycles. The molecule has 0 amide bonds. The van der Waals surface area contributed by atoms with Crippen LogP contribution in [0, 0.1) is 5.92 Å². The molecule has 2 atom stereocenters. The van der Waals surface area contributed by atoms with E-state index in [-0.39, 0.29) is 5.41 Å². The summed E-state index contributed by atoms with van der Waals surface area (Å²) in [6, 6.07) is 11.4. The first-order valence-corrected chi connectivity index (χ1v) is 17.8. The number of pyridine rings is 1. The maximum absolute atomic E-state index is 10.4. The zero-order chi connectivity index (χ0) is 31.6. The average molecular weight is 597 g/mol. The maximum atomic E-state index is 10.4. The number of aliphatic hydroxyl groups is 1. The number of aromatic nitrogens is 1. The molecule has 1 heterocycles. The highest BCUT2D eigenvalue weighted by Crippen LogP contribution is 2.58. The van der Waals surface area contributed by atoms with Crippen LogP contribution in [0.5, 0.6) is 0 Å². The summed E-state index contributed by atoms with van der Waals surface area (Å²) in [4.78, 5) is 4.88. The molecule has 2 unspecified atom stereocenters. The lowest BCUT2D eigenvalue weighted by atomic mass is 9.65. The molecule has 0 spiro atoms. The summed E-state index contributed by atoms with van der Waals surface area (Å²) >= 11 is 0. The Hall–Kier alpha value is -2.17. The predicted molar refractivity (Wildman–Crippen MR) is 189 cm³/mol. The van der Waals surface area contributed by atoms with Gasteiger partial charge < -0.3 is 9.76 Å². The quantitative estimate of drug-likeness (QED) is 0.130. The molecule has 0 fully saturated rings. The van der Waals surface area contributed by atoms with Crippen molar-refractivity contribution in [3.05, 3.63) is 72.0 Å². The monoisotopic (exact) mass is 596 g/mol. The molecule has 0 aliphatic heterocycles. The summed E-state index contributed by atoms with van der Waals surface area (Å²) < 4.78 is 5.98. The van der Waals surface area contributed by atoms with Crippen LogP contribution in [0.4, 0.5) is 0 Å². The van der Waals surface area contributed by atoms with Crippen molar-refractivity contribution in [2.45, 2.75) is 154 Å². The van der Waals surface area contributed by atoms with Crippen LogP contribution in [-0.4, -0.2) is 28.8 Å². The number of benzene rings is 1. The number of rotatable bonds is 19. The Bertz CT molecular complexity index is 1210. The Morgan fingerprint density at radius 3 is 2.00 bits per heavy atom. The van der Waals surface area contributed by atoms with Gasteiger partial charge in [-0.25, -0.2) is 0 Å². The molecular weight excluding hydrogens is 537 g/mol. The molecule has 0 saturated carbocycles. The van der Waals surface area contributed by atoms with Crippen molar-refractivity contribution in [2.24, 2.45) is 5.92 Å². The van der Waals surface area contributed by atoms with Crippen molar-refractivity contribution in [1.82, 2.24) is 4.98 Å². The van der Waals surface area contributed by atoms with Crippen LogP contribution in [0.1, 0.15) is 148 Å². The van der Waals surface area contributed by atoms with Gasteiger partial charge in [0.25, 0.3) is 0 Å². The molecule has 239 valence electrons. The van der Waals surface area contributed by atoms with Crippen molar-refractivity contribution in [3.63, 3.8) is 0 Å². The van der Waals surface area contributed by atoms with Crippen LogP contribution in [0.3, 0.4) is 0 Å². The van der Waals surface area contributed by atoms with Crippen LogP contribution < -0.4 is 5.46 Å². The predicted octanol–water partition coefficient (Wildman–Crippen LogP) is 10.1. The number of nitrogens with zero attached hydrogens (tertiary/aromatic N) is 1. The molecule has 3 nitrogen and oxygen atoms in total. The van der Waals surface area contributed by atoms with Gasteiger partial charge in [0.05, 0.1) is 16.9 Å². The summed E-state index contributed by atoms with van der Waals surface area (Å²) in [5, 5.41) is 10.4. The average Bonchev–Trinajstić information content (AvgIpc) is 3.28. The zero-order valence-electron chi connectivity index (χ0n) is 28.7. The third-order valence-electron chi connectivity index (χ3n) is 10.7. The summed E-state index contributed by atoms with van der Waals surface area (Å²) in [6.45, 7) is 12.0. The van der Waals surface area contributed by atoms with Crippen molar-refractivity contribution in [3.8, 4) is 11.3 Å². The number of allylic oxidation sites excluding steroid dienone is 4. The van der Waals surface area contributed by atoms with Crippen LogP contribution in [-0.2, 0) is 10.1 Å². The molecule has 0 saturated heterocycles. The topological polar surface area (TPSA) is 42.4 Å². The van der Waals surface area contributed by atoms with E-state index in [0.717, 1.165) is 11.2 Å². The fourth-order valence-electron chi connectivity index (χ4n) is 7.22. The number of fused-ring (bicyclic) bond motifs is 3. The van der Waals surface area contributed by atoms with Gasteiger partial charge in [-0.15, -0.1) is 0 Å². The number of hydrogen-bond acceptors (Lipinski definition) is 3. The van der Waals surface area contributed by atoms with Gasteiger partial charge in [0, 0.05) is 23.1 Å². The molecule has 1 radical (unpaired) electrons. The van der Waals surface area contributed by atoms with Gasteiger partial charge in [-0.3, -0.25) is 4.98 Å². The van der Waals surface area contributed by atoms with Crippen LogP contribution >= 0.6 is 0 Å². The first-order chi connectivity index (χ1) is 21.1. The molecule has 4 heteroatoms. The van der Waals surface area contributed by atoms with Crippen molar-refractivity contribution < 1.29 is 9.76 Å². The van der Waals surface area contributed by atoms with Crippen molar-refractivity contribution in [1.29, 1.82) is 0 Å². The summed E-state index contributed by atoms with van der Waals surface area (Å²) in [5.74, 6) is 1.02.